The highest BCUT2D eigenvalue weighted by molar-refractivity contribution is 7.92. The molecule has 1 aliphatic heterocycles. The molecule has 2 fully saturated rings. The molecule has 4 aromatic rings. The first-order valence-corrected chi connectivity index (χ1v) is 16.2. The SMILES string of the molecule is O=C1CN(c2cccc(-n3cc(-c4ccc(Cl)cc4Cl)nc3Cc3ccc(/C=C/C4CCCCC4)cc3)c2)S(=O)(=O)N1. The van der Waals surface area contributed by atoms with Crippen LogP contribution in [0.2, 0.25) is 10.0 Å². The number of allylic oxidation sites excluding steroid dienone is 1. The van der Waals surface area contributed by atoms with E-state index in [9.17, 15) is 13.2 Å². The zero-order valence-electron chi connectivity index (χ0n) is 22.8. The highest BCUT2D eigenvalue weighted by Crippen LogP contribution is 2.32. The Morgan fingerprint density at radius 1 is 0.952 bits per heavy atom. The van der Waals surface area contributed by atoms with Crippen LogP contribution in [0.15, 0.2) is 79.0 Å². The second-order valence-electron chi connectivity index (χ2n) is 10.8. The summed E-state index contributed by atoms with van der Waals surface area (Å²) < 4.78 is 30.0. The molecule has 10 heteroatoms. The number of aromatic nitrogens is 2. The van der Waals surface area contributed by atoms with E-state index in [1.807, 2.05) is 27.6 Å². The summed E-state index contributed by atoms with van der Waals surface area (Å²) in [5.41, 5.74) is 4.73. The number of imidazole rings is 1. The number of halogens is 2. The van der Waals surface area contributed by atoms with Gasteiger partial charge in [-0.15, -0.1) is 0 Å². The molecule has 0 bridgehead atoms. The Hall–Kier alpha value is -3.59. The Balaban J connectivity index is 1.33. The molecular weight excluding hydrogens is 591 g/mol. The predicted molar refractivity (Wildman–Crippen MR) is 168 cm³/mol. The lowest BCUT2D eigenvalue weighted by atomic mass is 9.89. The fraction of sp³-hybridized carbons (Fsp3) is 0.250. The molecule has 1 saturated carbocycles. The molecule has 0 spiro atoms. The molecular formula is C32H30Cl2N4O3S. The molecule has 0 atom stereocenters. The predicted octanol–water partition coefficient (Wildman–Crippen LogP) is 7.21. The minimum atomic E-state index is -3.94. The summed E-state index contributed by atoms with van der Waals surface area (Å²) in [7, 11) is -3.94. The van der Waals surface area contributed by atoms with Crippen molar-refractivity contribution in [3.8, 4) is 16.9 Å². The second-order valence-corrected chi connectivity index (χ2v) is 13.2. The molecule has 3 aromatic carbocycles. The molecule has 2 heterocycles. The van der Waals surface area contributed by atoms with Gasteiger partial charge < -0.3 is 4.57 Å². The number of hydrogen-bond donors (Lipinski definition) is 1. The van der Waals surface area contributed by atoms with Gasteiger partial charge in [0.2, 0.25) is 0 Å². The minimum absolute atomic E-state index is 0.268. The van der Waals surface area contributed by atoms with E-state index >= 15 is 0 Å². The van der Waals surface area contributed by atoms with Crippen molar-refractivity contribution >= 4 is 51.1 Å². The van der Waals surface area contributed by atoms with Gasteiger partial charge in [-0.25, -0.2) is 14.0 Å². The number of carbonyl (C=O) groups is 1. The molecule has 216 valence electrons. The van der Waals surface area contributed by atoms with Crippen LogP contribution < -0.4 is 9.03 Å². The lowest BCUT2D eigenvalue weighted by Gasteiger charge is -2.17. The minimum Gasteiger partial charge on any atom is -0.303 e. The zero-order valence-corrected chi connectivity index (χ0v) is 25.2. The monoisotopic (exact) mass is 620 g/mol. The molecule has 1 aliphatic carbocycles. The zero-order chi connectivity index (χ0) is 29.3. The molecule has 0 radical (unpaired) electrons. The van der Waals surface area contributed by atoms with E-state index in [0.29, 0.717) is 39.5 Å². The first-order chi connectivity index (χ1) is 20.2. The third-order valence-corrected chi connectivity index (χ3v) is 9.71. The summed E-state index contributed by atoms with van der Waals surface area (Å²) in [5, 5.41) is 1.01. The van der Waals surface area contributed by atoms with Crippen LogP contribution in [-0.4, -0.2) is 30.4 Å². The third kappa shape index (κ3) is 6.26. The van der Waals surface area contributed by atoms with Crippen molar-refractivity contribution in [1.29, 1.82) is 0 Å². The largest absolute Gasteiger partial charge is 0.326 e. The van der Waals surface area contributed by atoms with Crippen LogP contribution in [0.3, 0.4) is 0 Å². The highest BCUT2D eigenvalue weighted by atomic mass is 35.5. The number of carbonyl (C=O) groups excluding carboxylic acids is 1. The Morgan fingerprint density at radius 2 is 1.71 bits per heavy atom. The third-order valence-electron chi connectivity index (χ3n) is 7.75. The van der Waals surface area contributed by atoms with Gasteiger partial charge in [0.05, 0.1) is 16.4 Å². The quantitative estimate of drug-likeness (QED) is 0.236. The number of amides is 1. The maximum atomic E-state index is 12.5. The molecule has 1 aromatic heterocycles. The average molecular weight is 622 g/mol. The van der Waals surface area contributed by atoms with Crippen LogP contribution >= 0.6 is 23.2 Å². The number of nitrogens with zero attached hydrogens (tertiary/aromatic N) is 3. The highest BCUT2D eigenvalue weighted by Gasteiger charge is 2.34. The Morgan fingerprint density at radius 3 is 2.43 bits per heavy atom. The van der Waals surface area contributed by atoms with E-state index < -0.39 is 16.1 Å². The van der Waals surface area contributed by atoms with Crippen molar-refractivity contribution in [2.75, 3.05) is 10.8 Å². The van der Waals surface area contributed by atoms with Crippen LogP contribution in [0.25, 0.3) is 23.0 Å². The summed E-state index contributed by atoms with van der Waals surface area (Å²) in [5.74, 6) is 0.849. The van der Waals surface area contributed by atoms with E-state index in [4.69, 9.17) is 28.2 Å². The van der Waals surface area contributed by atoms with Crippen molar-refractivity contribution in [1.82, 2.24) is 14.3 Å². The summed E-state index contributed by atoms with van der Waals surface area (Å²) >= 11 is 12.7. The van der Waals surface area contributed by atoms with Gasteiger partial charge in [-0.2, -0.15) is 8.42 Å². The van der Waals surface area contributed by atoms with Crippen LogP contribution in [0.4, 0.5) is 5.69 Å². The van der Waals surface area contributed by atoms with E-state index in [1.165, 1.54) is 37.7 Å². The van der Waals surface area contributed by atoms with Gasteiger partial charge in [-0.3, -0.25) is 4.79 Å². The topological polar surface area (TPSA) is 84.3 Å². The smallest absolute Gasteiger partial charge is 0.303 e. The van der Waals surface area contributed by atoms with Gasteiger partial charge >= 0.3 is 10.2 Å². The summed E-state index contributed by atoms with van der Waals surface area (Å²) in [4.78, 5) is 16.8. The first-order valence-electron chi connectivity index (χ1n) is 14.0. The lowest BCUT2D eigenvalue weighted by molar-refractivity contribution is -0.117. The first kappa shape index (κ1) is 28.5. The molecule has 0 unspecified atom stereocenters. The Bertz CT molecular complexity index is 1760. The van der Waals surface area contributed by atoms with E-state index in [2.05, 4.69) is 36.4 Å². The average Bonchev–Trinajstić information content (AvgIpc) is 3.51. The normalized spacial score (nSPS) is 17.2. The van der Waals surface area contributed by atoms with Crippen molar-refractivity contribution in [2.24, 2.45) is 5.92 Å². The van der Waals surface area contributed by atoms with Crippen molar-refractivity contribution in [3.63, 3.8) is 0 Å². The maximum Gasteiger partial charge on any atom is 0.326 e. The van der Waals surface area contributed by atoms with Gasteiger partial charge in [-0.1, -0.05) is 84.9 Å². The van der Waals surface area contributed by atoms with Gasteiger partial charge in [0.15, 0.2) is 0 Å². The second kappa shape index (κ2) is 12.0. The number of anilines is 1. The number of rotatable bonds is 7. The summed E-state index contributed by atoms with van der Waals surface area (Å²) in [6.45, 7) is -0.268. The molecule has 2 aliphatic rings. The van der Waals surface area contributed by atoms with Crippen LogP contribution in [0.5, 0.6) is 0 Å². The van der Waals surface area contributed by atoms with E-state index in [1.54, 1.807) is 30.3 Å². The number of nitrogens with one attached hydrogen (secondary N) is 1. The lowest BCUT2D eigenvalue weighted by Crippen LogP contribution is -2.29. The van der Waals surface area contributed by atoms with Crippen LogP contribution in [-0.2, 0) is 21.4 Å². The van der Waals surface area contributed by atoms with Gasteiger partial charge in [0, 0.05) is 28.9 Å². The fourth-order valence-corrected chi connectivity index (χ4v) is 7.22. The maximum absolute atomic E-state index is 12.5. The summed E-state index contributed by atoms with van der Waals surface area (Å²) in [6, 6.07) is 20.8. The Kier molecular flexibility index (Phi) is 8.12. The van der Waals surface area contributed by atoms with Crippen LogP contribution in [0.1, 0.15) is 49.1 Å². The standard InChI is InChI=1S/C32H30Cl2N4O3S/c33-25-15-16-28(29(34)18-25)30-20-37(26-7-4-8-27(19-26)38-21-32(39)36-42(38,40)41)31(35-30)17-24-13-11-23(12-14-24)10-9-22-5-2-1-3-6-22/h4,7-16,18-20,22H,1-3,5-6,17,21H2,(H,36,39)/b10-9+. The summed E-state index contributed by atoms with van der Waals surface area (Å²) in [6.07, 6.45) is 13.5. The molecule has 1 saturated heterocycles. The van der Waals surface area contributed by atoms with Gasteiger partial charge in [0.1, 0.15) is 12.4 Å². The van der Waals surface area contributed by atoms with Gasteiger partial charge in [0.25, 0.3) is 5.91 Å². The van der Waals surface area contributed by atoms with E-state index in [-0.39, 0.29) is 6.54 Å². The number of benzene rings is 3. The van der Waals surface area contributed by atoms with Crippen molar-refractivity contribution in [3.05, 3.63) is 106 Å². The van der Waals surface area contributed by atoms with Crippen molar-refractivity contribution < 1.29 is 13.2 Å². The molecule has 7 nitrogen and oxygen atoms in total. The fourth-order valence-electron chi connectivity index (χ4n) is 5.57. The molecule has 42 heavy (non-hydrogen) atoms. The van der Waals surface area contributed by atoms with Gasteiger partial charge in [-0.05, 0) is 66.3 Å². The van der Waals surface area contributed by atoms with Crippen LogP contribution in [0, 0.1) is 5.92 Å². The van der Waals surface area contributed by atoms with E-state index in [0.717, 1.165) is 21.3 Å². The Labute approximate surface area is 256 Å². The molecule has 1 N–H and O–H groups in total. The molecule has 6 rings (SSSR count). The number of hydrogen-bond acceptors (Lipinski definition) is 4. The molecule has 1 amide bonds. The van der Waals surface area contributed by atoms with Crippen molar-refractivity contribution in [2.45, 2.75) is 38.5 Å².